The number of hydrogen-bond acceptors (Lipinski definition) is 0. The molecule has 1 aliphatic rings. The van der Waals surface area contributed by atoms with Crippen LogP contribution < -0.4 is 0 Å². The third kappa shape index (κ3) is 5.01. The molecule has 0 nitrogen and oxygen atoms in total. The van der Waals surface area contributed by atoms with Gasteiger partial charge in [0.1, 0.15) is 0 Å². The molecule has 0 saturated heterocycles. The smallest absolute Gasteiger partial charge is 0 e. The first-order chi connectivity index (χ1) is 7.48. The summed E-state index contributed by atoms with van der Waals surface area (Å²) in [7, 11) is 0. The van der Waals surface area contributed by atoms with Crippen molar-refractivity contribution in [2.24, 2.45) is 0 Å². The van der Waals surface area contributed by atoms with Crippen LogP contribution in [0.15, 0.2) is 36.4 Å². The van der Waals surface area contributed by atoms with E-state index in [9.17, 15) is 0 Å². The summed E-state index contributed by atoms with van der Waals surface area (Å²) in [5, 5.41) is 0. The first kappa shape index (κ1) is 21.1. The van der Waals surface area contributed by atoms with Gasteiger partial charge < -0.3 is 7.43 Å². The Morgan fingerprint density at radius 2 is 1.74 bits per heavy atom. The summed E-state index contributed by atoms with van der Waals surface area (Å²) in [5.74, 6) is 0. The molecule has 0 atom stereocenters. The van der Waals surface area contributed by atoms with Crippen LogP contribution in [0.3, 0.4) is 0 Å². The molecule has 1 heteroatoms. The van der Waals surface area contributed by atoms with Gasteiger partial charge in [-0.15, -0.1) is 0 Å². The summed E-state index contributed by atoms with van der Waals surface area (Å²) in [6, 6.07) is 6.85. The van der Waals surface area contributed by atoms with Crippen LogP contribution in [0, 0.1) is 14.4 Å². The van der Waals surface area contributed by atoms with Crippen molar-refractivity contribution in [3.05, 3.63) is 60.5 Å². The number of hydrogen-bond donors (Lipinski definition) is 0. The van der Waals surface area contributed by atoms with Crippen LogP contribution in [0.25, 0.3) is 5.57 Å². The topological polar surface area (TPSA) is 0 Å². The molecule has 1 aliphatic carbocycles. The van der Waals surface area contributed by atoms with Crippen LogP contribution in [0.2, 0.25) is 0 Å². The molecule has 0 spiro atoms. The Morgan fingerprint density at radius 3 is 2.21 bits per heavy atom. The van der Waals surface area contributed by atoms with Gasteiger partial charge in [-0.1, -0.05) is 64.6 Å². The average molecular weight is 332 g/mol. The molecule has 1 aromatic rings. The van der Waals surface area contributed by atoms with Gasteiger partial charge in [0.05, 0.1) is 0 Å². The maximum Gasteiger partial charge on any atom is 0 e. The van der Waals surface area contributed by atoms with Crippen LogP contribution in [-0.4, -0.2) is 0 Å². The van der Waals surface area contributed by atoms with E-state index >= 15 is 0 Å². The Morgan fingerprint density at radius 1 is 1.11 bits per heavy atom. The van der Waals surface area contributed by atoms with E-state index in [1.54, 1.807) is 0 Å². The summed E-state index contributed by atoms with van der Waals surface area (Å²) in [5.41, 5.74) is 5.89. The Hall–Kier alpha value is -0.196. The Labute approximate surface area is 145 Å². The third-order valence-corrected chi connectivity index (χ3v) is 3.22. The molecule has 19 heavy (non-hydrogen) atoms. The number of benzene rings is 1. The van der Waals surface area contributed by atoms with Crippen LogP contribution in [0.1, 0.15) is 51.3 Å². The van der Waals surface area contributed by atoms with Gasteiger partial charge in [0.2, 0.25) is 0 Å². The van der Waals surface area contributed by atoms with Crippen molar-refractivity contribution in [2.45, 2.75) is 47.0 Å². The van der Waals surface area contributed by atoms with E-state index in [0.717, 1.165) is 6.42 Å². The first-order valence-corrected chi connectivity index (χ1v) is 5.96. The summed E-state index contributed by atoms with van der Waals surface area (Å²) in [6.07, 6.45) is 7.68. The SMILES string of the molecule is C.Cc1ccc(C(C)(C)C)cc1C1=CC=CC1.[CH3-].[Y]. The Kier molecular flexibility index (Phi) is 9.08. The van der Waals surface area contributed by atoms with E-state index < -0.39 is 0 Å². The van der Waals surface area contributed by atoms with E-state index in [1.165, 1.54) is 22.3 Å². The fraction of sp³-hybridized carbons (Fsp3) is 0.389. The second-order valence-corrected chi connectivity index (χ2v) is 5.60. The van der Waals surface area contributed by atoms with Crippen LogP contribution in [-0.2, 0) is 38.1 Å². The van der Waals surface area contributed by atoms with Crippen molar-refractivity contribution in [3.8, 4) is 0 Å². The van der Waals surface area contributed by atoms with Crippen LogP contribution in [0.4, 0.5) is 0 Å². The van der Waals surface area contributed by atoms with E-state index in [1.807, 2.05) is 0 Å². The van der Waals surface area contributed by atoms with Crippen LogP contribution in [0.5, 0.6) is 0 Å². The van der Waals surface area contributed by atoms with Gasteiger partial charge in [-0.2, -0.15) is 0 Å². The molecule has 0 bridgehead atoms. The van der Waals surface area contributed by atoms with Crippen molar-refractivity contribution >= 4 is 5.57 Å². The Bertz CT molecular complexity index is 459. The van der Waals surface area contributed by atoms with E-state index in [0.29, 0.717) is 0 Å². The molecule has 2 rings (SSSR count). The van der Waals surface area contributed by atoms with Crippen molar-refractivity contribution in [1.82, 2.24) is 0 Å². The van der Waals surface area contributed by atoms with E-state index in [4.69, 9.17) is 0 Å². The molecule has 0 aliphatic heterocycles. The number of rotatable bonds is 1. The summed E-state index contributed by atoms with van der Waals surface area (Å²) < 4.78 is 0. The minimum Gasteiger partial charge on any atom is -0.358 e. The number of aryl methyl sites for hydroxylation is 1. The minimum atomic E-state index is 0. The predicted octanol–water partition coefficient (Wildman–Crippen LogP) is 5.72. The molecule has 0 unspecified atom stereocenters. The largest absolute Gasteiger partial charge is 0.358 e. The van der Waals surface area contributed by atoms with Gasteiger partial charge in [0.15, 0.2) is 0 Å². The number of allylic oxidation sites excluding steroid dienone is 4. The summed E-state index contributed by atoms with van der Waals surface area (Å²) in [4.78, 5) is 0. The molecule has 0 amide bonds. The van der Waals surface area contributed by atoms with Crippen molar-refractivity contribution in [1.29, 1.82) is 0 Å². The standard InChI is InChI=1S/C16H20.CH4.CH3.Y/c1-12-9-10-14(16(2,3)4)11-15(12)13-7-5-6-8-13;;;/h5-7,9-11H,8H2,1-4H3;1H4;1H3;/q;;-1;. The van der Waals surface area contributed by atoms with Gasteiger partial charge in [0, 0.05) is 32.7 Å². The van der Waals surface area contributed by atoms with Gasteiger partial charge in [-0.3, -0.25) is 0 Å². The molecule has 1 aromatic carbocycles. The quantitative estimate of drug-likeness (QED) is 0.577. The van der Waals surface area contributed by atoms with Gasteiger partial charge in [-0.25, -0.2) is 0 Å². The predicted molar refractivity (Wildman–Crippen MR) is 84.8 cm³/mol. The zero-order chi connectivity index (χ0) is 11.8. The second kappa shape index (κ2) is 8.17. The monoisotopic (exact) mass is 332 g/mol. The Balaban J connectivity index is 0. The summed E-state index contributed by atoms with van der Waals surface area (Å²) in [6.45, 7) is 9.00. The molecule has 1 radical (unpaired) electrons. The first-order valence-electron chi connectivity index (χ1n) is 5.96. The molecular formula is C18H27Y-. The maximum atomic E-state index is 2.36. The van der Waals surface area contributed by atoms with Gasteiger partial charge in [0.25, 0.3) is 0 Å². The molecule has 0 fully saturated rings. The fourth-order valence-electron chi connectivity index (χ4n) is 2.08. The molecule has 0 heterocycles. The zero-order valence-electron chi connectivity index (χ0n) is 12.2. The minimum absolute atomic E-state index is 0. The van der Waals surface area contributed by atoms with Crippen molar-refractivity contribution in [3.63, 3.8) is 0 Å². The fourth-order valence-corrected chi connectivity index (χ4v) is 2.08. The molecule has 0 aromatic heterocycles. The van der Waals surface area contributed by atoms with Crippen molar-refractivity contribution < 1.29 is 32.7 Å². The van der Waals surface area contributed by atoms with Crippen LogP contribution >= 0.6 is 0 Å². The molecular weight excluding hydrogens is 305 g/mol. The van der Waals surface area contributed by atoms with Gasteiger partial charge in [-0.05, 0) is 41.0 Å². The van der Waals surface area contributed by atoms with E-state index in [-0.39, 0.29) is 53.0 Å². The maximum absolute atomic E-state index is 2.36. The second-order valence-electron chi connectivity index (χ2n) is 5.60. The summed E-state index contributed by atoms with van der Waals surface area (Å²) >= 11 is 0. The van der Waals surface area contributed by atoms with E-state index in [2.05, 4.69) is 64.1 Å². The normalized spacial score (nSPS) is 12.9. The average Bonchev–Trinajstić information content (AvgIpc) is 2.69. The zero-order valence-corrected chi connectivity index (χ0v) is 15.1. The molecule has 0 N–H and O–H groups in total. The molecule has 103 valence electrons. The van der Waals surface area contributed by atoms with Gasteiger partial charge >= 0.3 is 0 Å². The molecule has 0 saturated carbocycles. The van der Waals surface area contributed by atoms with Crippen molar-refractivity contribution in [2.75, 3.05) is 0 Å². The third-order valence-electron chi connectivity index (χ3n) is 3.22.